The first-order valence-electron chi connectivity index (χ1n) is 8.00. The lowest BCUT2D eigenvalue weighted by molar-refractivity contribution is -0.130. The standard InChI is InChI=1S/C15H29N3O/c1-14(17-8-6-7-9-17)12-16-13-15(19)18-10-4-2-3-5-11-18/h14,16H,2-13H2,1H3. The largest absolute Gasteiger partial charge is 0.342 e. The van der Waals surface area contributed by atoms with E-state index in [9.17, 15) is 4.79 Å². The maximum atomic E-state index is 12.1. The van der Waals surface area contributed by atoms with Crippen molar-refractivity contribution in [3.05, 3.63) is 0 Å². The van der Waals surface area contributed by atoms with E-state index in [-0.39, 0.29) is 5.91 Å². The number of likely N-dealkylation sites (tertiary alicyclic amines) is 2. The first kappa shape index (κ1) is 14.8. The summed E-state index contributed by atoms with van der Waals surface area (Å²) in [6.07, 6.45) is 7.58. The van der Waals surface area contributed by atoms with Crippen molar-refractivity contribution >= 4 is 5.91 Å². The topological polar surface area (TPSA) is 35.6 Å². The van der Waals surface area contributed by atoms with Crippen molar-refractivity contribution in [2.24, 2.45) is 0 Å². The van der Waals surface area contributed by atoms with Crippen molar-refractivity contribution in [1.82, 2.24) is 15.1 Å². The highest BCUT2D eigenvalue weighted by Crippen LogP contribution is 2.11. The van der Waals surface area contributed by atoms with Crippen molar-refractivity contribution in [1.29, 1.82) is 0 Å². The molecule has 1 amide bonds. The number of amides is 1. The molecule has 2 heterocycles. The lowest BCUT2D eigenvalue weighted by atomic mass is 10.2. The molecule has 1 unspecified atom stereocenters. The molecule has 0 aromatic carbocycles. The Kier molecular flexibility index (Phi) is 6.11. The van der Waals surface area contributed by atoms with Gasteiger partial charge in [0.05, 0.1) is 6.54 Å². The van der Waals surface area contributed by atoms with E-state index in [4.69, 9.17) is 0 Å². The summed E-state index contributed by atoms with van der Waals surface area (Å²) in [5, 5.41) is 3.35. The third-order valence-electron chi connectivity index (χ3n) is 4.44. The molecule has 2 saturated heterocycles. The molecule has 0 radical (unpaired) electrons. The summed E-state index contributed by atoms with van der Waals surface area (Å²) in [7, 11) is 0. The van der Waals surface area contributed by atoms with Gasteiger partial charge in [-0.3, -0.25) is 9.69 Å². The molecule has 2 aliphatic rings. The van der Waals surface area contributed by atoms with Crippen LogP contribution in [0.5, 0.6) is 0 Å². The molecule has 4 nitrogen and oxygen atoms in total. The van der Waals surface area contributed by atoms with Crippen molar-refractivity contribution < 1.29 is 4.79 Å². The van der Waals surface area contributed by atoms with Crippen LogP contribution in [0.1, 0.15) is 45.4 Å². The van der Waals surface area contributed by atoms with Crippen LogP contribution in [0.2, 0.25) is 0 Å². The monoisotopic (exact) mass is 267 g/mol. The second-order valence-corrected chi connectivity index (χ2v) is 6.02. The third kappa shape index (κ3) is 4.77. The Morgan fingerprint density at radius 3 is 2.21 bits per heavy atom. The molecule has 2 aliphatic heterocycles. The van der Waals surface area contributed by atoms with Gasteiger partial charge in [-0.25, -0.2) is 0 Å². The van der Waals surface area contributed by atoms with E-state index in [0.29, 0.717) is 12.6 Å². The van der Waals surface area contributed by atoms with Crippen LogP contribution < -0.4 is 5.32 Å². The molecule has 0 bridgehead atoms. The normalized spacial score (nSPS) is 23.3. The summed E-state index contributed by atoms with van der Waals surface area (Å²) >= 11 is 0. The zero-order valence-electron chi connectivity index (χ0n) is 12.4. The average Bonchev–Trinajstić information content (AvgIpc) is 2.81. The number of nitrogens with one attached hydrogen (secondary N) is 1. The van der Waals surface area contributed by atoms with Crippen LogP contribution in [0, 0.1) is 0 Å². The molecule has 1 N–H and O–H groups in total. The minimum atomic E-state index is 0.288. The number of carbonyl (C=O) groups is 1. The van der Waals surface area contributed by atoms with E-state index in [1.165, 1.54) is 51.6 Å². The van der Waals surface area contributed by atoms with Gasteiger partial charge in [0.2, 0.25) is 5.91 Å². The van der Waals surface area contributed by atoms with Gasteiger partial charge < -0.3 is 10.2 Å². The zero-order chi connectivity index (χ0) is 13.5. The van der Waals surface area contributed by atoms with E-state index in [2.05, 4.69) is 17.1 Å². The lowest BCUT2D eigenvalue weighted by Gasteiger charge is -2.25. The SMILES string of the molecule is CC(CNCC(=O)N1CCCCCC1)N1CCCC1. The highest BCUT2D eigenvalue weighted by atomic mass is 16.2. The Labute approximate surface area is 117 Å². The fourth-order valence-corrected chi connectivity index (χ4v) is 3.13. The minimum Gasteiger partial charge on any atom is -0.342 e. The first-order chi connectivity index (χ1) is 9.27. The third-order valence-corrected chi connectivity index (χ3v) is 4.44. The molecular formula is C15H29N3O. The van der Waals surface area contributed by atoms with Gasteiger partial charge in [-0.05, 0) is 45.7 Å². The molecule has 0 aliphatic carbocycles. The predicted molar refractivity (Wildman–Crippen MR) is 78.2 cm³/mol. The van der Waals surface area contributed by atoms with E-state index < -0.39 is 0 Å². The summed E-state index contributed by atoms with van der Waals surface area (Å²) in [5.74, 6) is 0.288. The number of hydrogen-bond acceptors (Lipinski definition) is 3. The van der Waals surface area contributed by atoms with E-state index >= 15 is 0 Å². The van der Waals surface area contributed by atoms with Gasteiger partial charge in [0.15, 0.2) is 0 Å². The second-order valence-electron chi connectivity index (χ2n) is 6.02. The van der Waals surface area contributed by atoms with Gasteiger partial charge in [-0.2, -0.15) is 0 Å². The van der Waals surface area contributed by atoms with Crippen molar-refractivity contribution in [3.8, 4) is 0 Å². The molecular weight excluding hydrogens is 238 g/mol. The number of rotatable bonds is 5. The van der Waals surface area contributed by atoms with Gasteiger partial charge in [0, 0.05) is 25.7 Å². The summed E-state index contributed by atoms with van der Waals surface area (Å²) in [4.78, 5) is 16.7. The van der Waals surface area contributed by atoms with Crippen LogP contribution in [0.15, 0.2) is 0 Å². The van der Waals surface area contributed by atoms with Gasteiger partial charge in [-0.15, -0.1) is 0 Å². The molecule has 0 saturated carbocycles. The first-order valence-corrected chi connectivity index (χ1v) is 8.00. The molecule has 0 spiro atoms. The number of nitrogens with zero attached hydrogens (tertiary/aromatic N) is 2. The van der Waals surface area contributed by atoms with Crippen LogP contribution in [-0.4, -0.2) is 61.0 Å². The van der Waals surface area contributed by atoms with Crippen LogP contribution in [-0.2, 0) is 4.79 Å². The van der Waals surface area contributed by atoms with Crippen LogP contribution in [0.4, 0.5) is 0 Å². The Bertz CT molecular complexity index is 269. The van der Waals surface area contributed by atoms with E-state index in [1.54, 1.807) is 0 Å². The smallest absolute Gasteiger partial charge is 0.236 e. The fraction of sp³-hybridized carbons (Fsp3) is 0.933. The van der Waals surface area contributed by atoms with Gasteiger partial charge in [0.25, 0.3) is 0 Å². The second kappa shape index (κ2) is 7.85. The fourth-order valence-electron chi connectivity index (χ4n) is 3.13. The van der Waals surface area contributed by atoms with Crippen LogP contribution in [0.25, 0.3) is 0 Å². The maximum Gasteiger partial charge on any atom is 0.236 e. The quantitative estimate of drug-likeness (QED) is 0.819. The van der Waals surface area contributed by atoms with Gasteiger partial charge in [0.1, 0.15) is 0 Å². The molecule has 4 heteroatoms. The van der Waals surface area contributed by atoms with Gasteiger partial charge in [-0.1, -0.05) is 12.8 Å². The maximum absolute atomic E-state index is 12.1. The summed E-state index contributed by atoms with van der Waals surface area (Å²) in [6, 6.07) is 0.555. The highest BCUT2D eigenvalue weighted by molar-refractivity contribution is 5.78. The Morgan fingerprint density at radius 1 is 1.00 bits per heavy atom. The average molecular weight is 267 g/mol. The Hall–Kier alpha value is -0.610. The van der Waals surface area contributed by atoms with Crippen LogP contribution in [0.3, 0.4) is 0 Å². The van der Waals surface area contributed by atoms with Crippen LogP contribution >= 0.6 is 0 Å². The van der Waals surface area contributed by atoms with Crippen molar-refractivity contribution in [3.63, 3.8) is 0 Å². The molecule has 19 heavy (non-hydrogen) atoms. The molecule has 1 atom stereocenters. The zero-order valence-corrected chi connectivity index (χ0v) is 12.4. The van der Waals surface area contributed by atoms with E-state index in [0.717, 1.165) is 19.6 Å². The Balaban J connectivity index is 1.62. The van der Waals surface area contributed by atoms with Crippen molar-refractivity contribution in [2.75, 3.05) is 39.3 Å². The summed E-state index contributed by atoms with van der Waals surface area (Å²) in [6.45, 7) is 8.07. The summed E-state index contributed by atoms with van der Waals surface area (Å²) < 4.78 is 0. The molecule has 0 aromatic heterocycles. The van der Waals surface area contributed by atoms with E-state index in [1.807, 2.05) is 4.90 Å². The van der Waals surface area contributed by atoms with Gasteiger partial charge >= 0.3 is 0 Å². The van der Waals surface area contributed by atoms with Crippen molar-refractivity contribution in [2.45, 2.75) is 51.5 Å². The molecule has 0 aromatic rings. The highest BCUT2D eigenvalue weighted by Gasteiger charge is 2.19. The predicted octanol–water partition coefficient (Wildman–Crippen LogP) is 1.46. The number of carbonyl (C=O) groups excluding carboxylic acids is 1. The molecule has 110 valence electrons. The molecule has 2 rings (SSSR count). The Morgan fingerprint density at radius 2 is 1.58 bits per heavy atom. The molecule has 2 fully saturated rings. The minimum absolute atomic E-state index is 0.288. The lowest BCUT2D eigenvalue weighted by Crippen LogP contribution is -2.43. The summed E-state index contributed by atoms with van der Waals surface area (Å²) in [5.41, 5.74) is 0. The number of hydrogen-bond donors (Lipinski definition) is 1.